The van der Waals surface area contributed by atoms with Gasteiger partial charge in [-0.05, 0) is 12.8 Å². The van der Waals surface area contributed by atoms with Crippen LogP contribution in [0.1, 0.15) is 51.4 Å². The first-order chi connectivity index (χ1) is 7.70. The van der Waals surface area contributed by atoms with Crippen LogP contribution in [0.5, 0.6) is 0 Å². The number of hydrogen-bond acceptors (Lipinski definition) is 4. The van der Waals surface area contributed by atoms with Crippen molar-refractivity contribution in [1.82, 2.24) is 0 Å². The fourth-order valence-corrected chi connectivity index (χ4v) is 1.46. The second kappa shape index (κ2) is 10.7. The van der Waals surface area contributed by atoms with Crippen LogP contribution in [-0.4, -0.2) is 19.0 Å². The summed E-state index contributed by atoms with van der Waals surface area (Å²) >= 11 is 4.88. The standard InChI is InChI=1S/C11H19ClO4/c1-15-10(13)8-6-4-2-3-5-7-9-11(14)16-12/h2-9H2,1H3. The summed E-state index contributed by atoms with van der Waals surface area (Å²) in [6.45, 7) is 0. The van der Waals surface area contributed by atoms with Gasteiger partial charge in [0.15, 0.2) is 0 Å². The summed E-state index contributed by atoms with van der Waals surface area (Å²) in [7, 11) is 1.40. The molecule has 94 valence electrons. The topological polar surface area (TPSA) is 52.6 Å². The van der Waals surface area contributed by atoms with Crippen molar-refractivity contribution in [3.63, 3.8) is 0 Å². The van der Waals surface area contributed by atoms with Gasteiger partial charge in [-0.25, -0.2) is 0 Å². The SMILES string of the molecule is COC(=O)CCCCCCCCC(=O)OCl. The Labute approximate surface area is 101 Å². The fourth-order valence-electron chi connectivity index (χ4n) is 1.39. The van der Waals surface area contributed by atoms with Crippen molar-refractivity contribution in [2.75, 3.05) is 7.11 Å². The van der Waals surface area contributed by atoms with Gasteiger partial charge in [0, 0.05) is 12.8 Å². The van der Waals surface area contributed by atoms with E-state index < -0.39 is 0 Å². The van der Waals surface area contributed by atoms with E-state index in [-0.39, 0.29) is 11.9 Å². The Kier molecular flexibility index (Phi) is 10.2. The molecule has 0 unspecified atom stereocenters. The minimum absolute atomic E-state index is 0.148. The number of carbonyl (C=O) groups is 2. The summed E-state index contributed by atoms with van der Waals surface area (Å²) in [6.07, 6.45) is 6.71. The predicted octanol–water partition coefficient (Wildman–Crippen LogP) is 2.98. The third-order valence-electron chi connectivity index (χ3n) is 2.33. The number of unbranched alkanes of at least 4 members (excludes halogenated alkanes) is 5. The lowest BCUT2D eigenvalue weighted by molar-refractivity contribution is -0.140. The molecule has 0 rings (SSSR count). The third kappa shape index (κ3) is 9.77. The molecule has 4 nitrogen and oxygen atoms in total. The molecular weight excluding hydrogens is 232 g/mol. The normalized spacial score (nSPS) is 9.88. The van der Waals surface area contributed by atoms with E-state index in [0.29, 0.717) is 12.8 Å². The molecule has 0 heterocycles. The molecule has 0 aromatic heterocycles. The number of hydrogen-bond donors (Lipinski definition) is 0. The summed E-state index contributed by atoms with van der Waals surface area (Å²) in [4.78, 5) is 21.4. The lowest BCUT2D eigenvalue weighted by Gasteiger charge is -2.00. The number of carbonyl (C=O) groups excluding carboxylic acids is 2. The average molecular weight is 251 g/mol. The summed E-state index contributed by atoms with van der Waals surface area (Å²) in [5, 5.41) is 0. The predicted molar refractivity (Wildman–Crippen MR) is 60.9 cm³/mol. The lowest BCUT2D eigenvalue weighted by atomic mass is 10.1. The molecule has 0 atom stereocenters. The minimum atomic E-state index is -0.368. The molecule has 0 aromatic rings. The second-order valence-corrected chi connectivity index (χ2v) is 3.80. The summed E-state index contributed by atoms with van der Waals surface area (Å²) in [5.74, 6) is -0.516. The van der Waals surface area contributed by atoms with Crippen LogP contribution >= 0.6 is 11.9 Å². The van der Waals surface area contributed by atoms with Crippen molar-refractivity contribution in [3.05, 3.63) is 0 Å². The molecule has 0 saturated carbocycles. The van der Waals surface area contributed by atoms with Gasteiger partial charge in [0.05, 0.1) is 7.11 Å². The zero-order valence-electron chi connectivity index (χ0n) is 9.67. The molecule has 16 heavy (non-hydrogen) atoms. The highest BCUT2D eigenvalue weighted by atomic mass is 35.5. The van der Waals surface area contributed by atoms with Crippen LogP contribution in [0.15, 0.2) is 0 Å². The Hall–Kier alpha value is -0.770. The molecular formula is C11H19ClO4. The summed E-state index contributed by atoms with van der Waals surface area (Å²) in [6, 6.07) is 0. The van der Waals surface area contributed by atoms with E-state index in [0.717, 1.165) is 38.5 Å². The van der Waals surface area contributed by atoms with Crippen LogP contribution < -0.4 is 0 Å². The molecule has 0 aromatic carbocycles. The van der Waals surface area contributed by atoms with Gasteiger partial charge in [0.25, 0.3) is 0 Å². The second-order valence-electron chi connectivity index (χ2n) is 3.65. The van der Waals surface area contributed by atoms with Crippen molar-refractivity contribution < 1.29 is 18.6 Å². The summed E-state index contributed by atoms with van der Waals surface area (Å²) < 4.78 is 8.55. The number of halogens is 1. The maximum atomic E-state index is 10.8. The molecule has 0 saturated heterocycles. The van der Waals surface area contributed by atoms with Crippen molar-refractivity contribution >= 4 is 23.8 Å². The molecule has 0 aliphatic rings. The van der Waals surface area contributed by atoms with Crippen LogP contribution in [0.4, 0.5) is 0 Å². The van der Waals surface area contributed by atoms with Gasteiger partial charge in [0.2, 0.25) is 0 Å². The number of rotatable bonds is 9. The molecule has 5 heteroatoms. The van der Waals surface area contributed by atoms with Crippen molar-refractivity contribution in [3.8, 4) is 0 Å². The Balaban J connectivity index is 3.10. The van der Waals surface area contributed by atoms with Crippen LogP contribution in [0.25, 0.3) is 0 Å². The van der Waals surface area contributed by atoms with Gasteiger partial charge in [-0.3, -0.25) is 9.59 Å². The molecule has 0 radical (unpaired) electrons. The first-order valence-electron chi connectivity index (χ1n) is 5.59. The third-order valence-corrected chi connectivity index (χ3v) is 2.50. The zero-order chi connectivity index (χ0) is 12.2. The highest BCUT2D eigenvalue weighted by Crippen LogP contribution is 2.09. The van der Waals surface area contributed by atoms with Gasteiger partial charge >= 0.3 is 11.9 Å². The van der Waals surface area contributed by atoms with Crippen molar-refractivity contribution in [1.29, 1.82) is 0 Å². The lowest BCUT2D eigenvalue weighted by Crippen LogP contribution is -1.99. The Morgan fingerprint density at radius 1 is 0.875 bits per heavy atom. The van der Waals surface area contributed by atoms with Crippen LogP contribution in [0.2, 0.25) is 0 Å². The van der Waals surface area contributed by atoms with Gasteiger partial charge in [-0.1, -0.05) is 25.7 Å². The molecule has 0 aliphatic carbocycles. The van der Waals surface area contributed by atoms with Gasteiger partial charge in [-0.2, -0.15) is 0 Å². The van der Waals surface area contributed by atoms with Crippen molar-refractivity contribution in [2.24, 2.45) is 0 Å². The Morgan fingerprint density at radius 2 is 1.31 bits per heavy atom. The van der Waals surface area contributed by atoms with E-state index in [1.165, 1.54) is 7.11 Å². The van der Waals surface area contributed by atoms with Gasteiger partial charge in [-0.15, -0.1) is 0 Å². The highest BCUT2D eigenvalue weighted by molar-refractivity contribution is 6.13. The molecule has 0 bridgehead atoms. The van der Waals surface area contributed by atoms with E-state index in [1.807, 2.05) is 0 Å². The van der Waals surface area contributed by atoms with E-state index in [2.05, 4.69) is 9.03 Å². The average Bonchev–Trinajstić information content (AvgIpc) is 2.31. The Bertz CT molecular complexity index is 184. The monoisotopic (exact) mass is 250 g/mol. The van der Waals surface area contributed by atoms with Crippen molar-refractivity contribution in [2.45, 2.75) is 51.4 Å². The van der Waals surface area contributed by atoms with Crippen LogP contribution in [0.3, 0.4) is 0 Å². The van der Waals surface area contributed by atoms with E-state index in [4.69, 9.17) is 11.9 Å². The molecule has 0 N–H and O–H groups in total. The fraction of sp³-hybridized carbons (Fsp3) is 0.818. The molecule has 0 aliphatic heterocycles. The first kappa shape index (κ1) is 15.2. The van der Waals surface area contributed by atoms with Gasteiger partial charge in [0.1, 0.15) is 11.9 Å². The molecule has 0 fully saturated rings. The van der Waals surface area contributed by atoms with E-state index >= 15 is 0 Å². The highest BCUT2D eigenvalue weighted by Gasteiger charge is 2.01. The van der Waals surface area contributed by atoms with Gasteiger partial charge < -0.3 is 9.03 Å². The zero-order valence-corrected chi connectivity index (χ0v) is 10.4. The maximum Gasteiger partial charge on any atom is 0.324 e. The quantitative estimate of drug-likeness (QED) is 0.466. The number of ether oxygens (including phenoxy) is 1. The first-order valence-corrected chi connectivity index (χ1v) is 5.89. The van der Waals surface area contributed by atoms with E-state index in [9.17, 15) is 9.59 Å². The molecule has 0 spiro atoms. The van der Waals surface area contributed by atoms with Crippen LogP contribution in [0, 0.1) is 0 Å². The number of esters is 1. The maximum absolute atomic E-state index is 10.8. The number of methoxy groups -OCH3 is 1. The largest absolute Gasteiger partial charge is 0.469 e. The van der Waals surface area contributed by atoms with Crippen LogP contribution in [-0.2, 0) is 18.6 Å². The van der Waals surface area contributed by atoms with E-state index in [1.54, 1.807) is 0 Å². The minimum Gasteiger partial charge on any atom is -0.469 e. The summed E-state index contributed by atoms with van der Waals surface area (Å²) in [5.41, 5.74) is 0. The Morgan fingerprint density at radius 3 is 1.75 bits per heavy atom. The smallest absolute Gasteiger partial charge is 0.324 e. The molecule has 0 amide bonds.